The smallest absolute Gasteiger partial charge is 0.481 e. The van der Waals surface area contributed by atoms with E-state index < -0.39 is 18.1 Å². The van der Waals surface area contributed by atoms with E-state index in [0.29, 0.717) is 6.54 Å². The van der Waals surface area contributed by atoms with Crippen LogP contribution in [0, 0.1) is 5.92 Å². The molecule has 5 nitrogen and oxygen atoms in total. The zero-order chi connectivity index (χ0) is 21.8. The van der Waals surface area contributed by atoms with Crippen molar-refractivity contribution in [3.63, 3.8) is 0 Å². The lowest BCUT2D eigenvalue weighted by Crippen LogP contribution is -2.23. The van der Waals surface area contributed by atoms with E-state index in [4.69, 9.17) is 9.90 Å². The maximum Gasteiger partial charge on any atom is 0.490 e. The third kappa shape index (κ3) is 6.80. The van der Waals surface area contributed by atoms with Gasteiger partial charge < -0.3 is 10.2 Å². The summed E-state index contributed by atoms with van der Waals surface area (Å²) in [6.07, 6.45) is -5.08. The van der Waals surface area contributed by atoms with Gasteiger partial charge in [0.1, 0.15) is 0 Å². The van der Waals surface area contributed by atoms with Gasteiger partial charge in [-0.05, 0) is 43.5 Å². The van der Waals surface area contributed by atoms with Crippen molar-refractivity contribution in [3.05, 3.63) is 55.1 Å². The highest BCUT2D eigenvalue weighted by Gasteiger charge is 2.39. The fourth-order valence-electron chi connectivity index (χ4n) is 2.94. The topological polar surface area (TPSA) is 77.8 Å². The number of nitrogens with zero attached hydrogens (tertiary/aromatic N) is 1. The summed E-state index contributed by atoms with van der Waals surface area (Å²) >= 11 is 8.61. The zero-order valence-corrected chi connectivity index (χ0v) is 18.7. The second-order valence-corrected chi connectivity index (χ2v) is 9.56. The van der Waals surface area contributed by atoms with Gasteiger partial charge in [0.15, 0.2) is 0 Å². The van der Waals surface area contributed by atoms with Gasteiger partial charge in [-0.3, -0.25) is 9.69 Å². The van der Waals surface area contributed by atoms with Gasteiger partial charge in [-0.15, -0.1) is 11.3 Å². The van der Waals surface area contributed by atoms with Gasteiger partial charge in [-0.25, -0.2) is 4.79 Å². The maximum atomic E-state index is 11.6. The molecule has 2 heterocycles. The summed E-state index contributed by atoms with van der Waals surface area (Å²) in [7, 11) is 0. The molecule has 11 heteroatoms. The van der Waals surface area contributed by atoms with Crippen LogP contribution in [-0.2, 0) is 16.1 Å². The number of alkyl halides is 3. The van der Waals surface area contributed by atoms with E-state index in [9.17, 15) is 23.1 Å². The molecule has 1 aromatic heterocycles. The summed E-state index contributed by atoms with van der Waals surface area (Å²) in [5.41, 5.74) is 1.22. The number of aliphatic carboxylic acids is 2. The largest absolute Gasteiger partial charge is 0.490 e. The second-order valence-electron chi connectivity index (χ2n) is 6.30. The van der Waals surface area contributed by atoms with Crippen LogP contribution in [0.5, 0.6) is 0 Å². The Labute approximate surface area is 185 Å². The highest BCUT2D eigenvalue weighted by atomic mass is 79.9. The Hall–Kier alpha value is -1.43. The van der Waals surface area contributed by atoms with Gasteiger partial charge in [0.2, 0.25) is 0 Å². The van der Waals surface area contributed by atoms with Crippen LogP contribution in [0.3, 0.4) is 0 Å². The van der Waals surface area contributed by atoms with Crippen molar-refractivity contribution in [2.75, 3.05) is 13.1 Å². The predicted octanol–water partition coefficient (Wildman–Crippen LogP) is 5.21. The second kappa shape index (κ2) is 10.1. The number of hydrogen-bond donors (Lipinski definition) is 2. The molecular formula is C18H16Br2F3NO4S. The average molecular weight is 559 g/mol. The number of hydrogen-bond acceptors (Lipinski definition) is 4. The fraction of sp³-hybridized carbons (Fsp3) is 0.333. The molecule has 2 unspecified atom stereocenters. The molecular weight excluding hydrogens is 543 g/mol. The molecule has 2 atom stereocenters. The van der Waals surface area contributed by atoms with Gasteiger partial charge in [-0.1, -0.05) is 30.3 Å². The number of rotatable bonds is 4. The van der Waals surface area contributed by atoms with Crippen molar-refractivity contribution in [2.45, 2.75) is 18.6 Å². The minimum atomic E-state index is -5.08. The van der Waals surface area contributed by atoms with Crippen molar-refractivity contribution in [3.8, 4) is 0 Å². The van der Waals surface area contributed by atoms with Crippen LogP contribution in [0.25, 0.3) is 0 Å². The van der Waals surface area contributed by atoms with Crippen molar-refractivity contribution in [1.29, 1.82) is 0 Å². The first-order valence-corrected chi connectivity index (χ1v) is 10.6. The summed E-state index contributed by atoms with van der Waals surface area (Å²) in [5.74, 6) is -3.76. The Morgan fingerprint density at radius 3 is 2.17 bits per heavy atom. The van der Waals surface area contributed by atoms with Crippen LogP contribution < -0.4 is 0 Å². The minimum Gasteiger partial charge on any atom is -0.481 e. The van der Waals surface area contributed by atoms with E-state index >= 15 is 0 Å². The molecule has 29 heavy (non-hydrogen) atoms. The lowest BCUT2D eigenvalue weighted by atomic mass is 9.95. The highest BCUT2D eigenvalue weighted by Crippen LogP contribution is 2.42. The molecule has 0 radical (unpaired) electrons. The standard InChI is InChI=1S/C16H15Br2NO2S.C2HF3O2/c17-13-6-14(22-15(13)18)11-8-19(9-12(11)16(20)21)7-10-4-2-1-3-5-10;3-2(4,5)1(6)7/h1-6,11-12H,7-9H2,(H,20,21);(H,6,7). The molecule has 2 aromatic rings. The molecule has 0 aliphatic carbocycles. The van der Waals surface area contributed by atoms with E-state index in [0.717, 1.165) is 26.2 Å². The number of carboxylic acids is 2. The Morgan fingerprint density at radius 2 is 1.72 bits per heavy atom. The molecule has 1 aliphatic heterocycles. The molecule has 0 saturated carbocycles. The summed E-state index contributed by atoms with van der Waals surface area (Å²) in [5, 5.41) is 16.7. The van der Waals surface area contributed by atoms with Crippen LogP contribution in [0.2, 0.25) is 0 Å². The number of benzene rings is 1. The number of carboxylic acid groups (broad SMARTS) is 2. The zero-order valence-electron chi connectivity index (χ0n) is 14.7. The number of halogens is 5. The SMILES string of the molecule is O=C(O)C(F)(F)F.O=C(O)C1CN(Cc2ccccc2)CC1c1cc(Br)c(Br)s1. The van der Waals surface area contributed by atoms with Crippen LogP contribution in [0.4, 0.5) is 13.2 Å². The Kier molecular flexibility index (Phi) is 8.27. The molecule has 2 N–H and O–H groups in total. The minimum absolute atomic E-state index is 0.0498. The first-order chi connectivity index (χ1) is 13.5. The van der Waals surface area contributed by atoms with Gasteiger partial charge in [0.05, 0.1) is 9.70 Å². The highest BCUT2D eigenvalue weighted by molar-refractivity contribution is 9.13. The molecule has 1 aromatic carbocycles. The lowest BCUT2D eigenvalue weighted by Gasteiger charge is -2.15. The molecule has 0 amide bonds. The monoisotopic (exact) mass is 557 g/mol. The number of likely N-dealkylation sites (tertiary alicyclic amines) is 1. The van der Waals surface area contributed by atoms with Crippen LogP contribution in [0.1, 0.15) is 16.4 Å². The first kappa shape index (κ1) is 23.8. The van der Waals surface area contributed by atoms with Gasteiger partial charge in [-0.2, -0.15) is 13.2 Å². The van der Waals surface area contributed by atoms with Crippen LogP contribution in [0.15, 0.2) is 44.7 Å². The normalized spacial score (nSPS) is 19.5. The average Bonchev–Trinajstić information content (AvgIpc) is 3.19. The van der Waals surface area contributed by atoms with Gasteiger partial charge in [0, 0.05) is 34.9 Å². The summed E-state index contributed by atoms with van der Waals surface area (Å²) in [4.78, 5) is 23.9. The molecule has 0 bridgehead atoms. The molecule has 1 aliphatic rings. The first-order valence-electron chi connectivity index (χ1n) is 8.23. The summed E-state index contributed by atoms with van der Waals surface area (Å²) < 4.78 is 33.8. The van der Waals surface area contributed by atoms with E-state index in [-0.39, 0.29) is 11.8 Å². The molecule has 3 rings (SSSR count). The van der Waals surface area contributed by atoms with Gasteiger partial charge >= 0.3 is 18.1 Å². The quantitative estimate of drug-likeness (QED) is 0.539. The number of carbonyl (C=O) groups is 2. The predicted molar refractivity (Wildman–Crippen MR) is 109 cm³/mol. The Morgan fingerprint density at radius 1 is 1.14 bits per heavy atom. The van der Waals surface area contributed by atoms with Crippen molar-refractivity contribution in [2.24, 2.45) is 5.92 Å². The maximum absolute atomic E-state index is 11.6. The lowest BCUT2D eigenvalue weighted by molar-refractivity contribution is -0.192. The third-order valence-electron chi connectivity index (χ3n) is 4.23. The van der Waals surface area contributed by atoms with Crippen molar-refractivity contribution in [1.82, 2.24) is 4.90 Å². The molecule has 158 valence electrons. The van der Waals surface area contributed by atoms with E-state index in [2.05, 4.69) is 48.9 Å². The van der Waals surface area contributed by atoms with Gasteiger partial charge in [0.25, 0.3) is 0 Å². The van der Waals surface area contributed by atoms with Crippen LogP contribution in [-0.4, -0.2) is 46.3 Å². The Balaban J connectivity index is 0.000000370. The summed E-state index contributed by atoms with van der Waals surface area (Å²) in [6.45, 7) is 2.18. The molecule has 1 fully saturated rings. The molecule has 1 saturated heterocycles. The number of thiophene rings is 1. The van der Waals surface area contributed by atoms with Crippen LogP contribution >= 0.6 is 43.2 Å². The fourth-order valence-corrected chi connectivity index (χ4v) is 5.19. The van der Waals surface area contributed by atoms with E-state index in [1.807, 2.05) is 24.3 Å². The van der Waals surface area contributed by atoms with E-state index in [1.165, 1.54) is 5.56 Å². The van der Waals surface area contributed by atoms with E-state index in [1.54, 1.807) is 11.3 Å². The summed E-state index contributed by atoms with van der Waals surface area (Å²) in [6, 6.07) is 12.2. The van der Waals surface area contributed by atoms with Crippen molar-refractivity contribution < 1.29 is 33.0 Å². The Bertz CT molecular complexity index is 841. The van der Waals surface area contributed by atoms with Crippen molar-refractivity contribution >= 4 is 55.1 Å². The molecule has 0 spiro atoms. The third-order valence-corrected chi connectivity index (χ3v) is 7.62.